The molecule has 0 aliphatic carbocycles. The van der Waals surface area contributed by atoms with Crippen molar-refractivity contribution in [1.29, 1.82) is 0 Å². The van der Waals surface area contributed by atoms with Crippen LogP contribution in [-0.4, -0.2) is 53.4 Å². The molecule has 8 heteroatoms. The minimum Gasteiger partial charge on any atom is -0.445 e. The summed E-state index contributed by atoms with van der Waals surface area (Å²) in [6, 6.07) is 5.30. The third-order valence-electron chi connectivity index (χ3n) is 3.98. The number of amides is 2. The van der Waals surface area contributed by atoms with Gasteiger partial charge in [-0.3, -0.25) is 19.8 Å². The third kappa shape index (κ3) is 4.01. The molecular formula is C16H21N3O5. The van der Waals surface area contributed by atoms with E-state index in [4.69, 9.17) is 4.74 Å². The van der Waals surface area contributed by atoms with Gasteiger partial charge in [-0.15, -0.1) is 0 Å². The second-order valence-corrected chi connectivity index (χ2v) is 6.22. The highest BCUT2D eigenvalue weighted by Crippen LogP contribution is 2.25. The number of carbonyl (C=O) groups excluding carboxylic acids is 2. The van der Waals surface area contributed by atoms with Crippen molar-refractivity contribution in [1.82, 2.24) is 9.80 Å². The number of rotatable bonds is 4. The molecule has 1 aromatic rings. The fourth-order valence-corrected chi connectivity index (χ4v) is 2.72. The highest BCUT2D eigenvalue weighted by atomic mass is 16.6. The zero-order valence-electron chi connectivity index (χ0n) is 14.0. The maximum atomic E-state index is 12.3. The first-order valence-electron chi connectivity index (χ1n) is 7.67. The van der Waals surface area contributed by atoms with E-state index in [9.17, 15) is 19.7 Å². The Labute approximate surface area is 140 Å². The van der Waals surface area contributed by atoms with E-state index in [1.807, 2.05) is 6.92 Å². The van der Waals surface area contributed by atoms with E-state index >= 15 is 0 Å². The van der Waals surface area contributed by atoms with Gasteiger partial charge in [-0.2, -0.15) is 0 Å². The summed E-state index contributed by atoms with van der Waals surface area (Å²) in [4.78, 5) is 37.6. The van der Waals surface area contributed by atoms with E-state index in [0.717, 1.165) is 0 Å². The lowest BCUT2D eigenvalue weighted by atomic mass is 10.1. The summed E-state index contributed by atoms with van der Waals surface area (Å²) in [5.41, 5.74) is 0.631. The Morgan fingerprint density at radius 3 is 2.50 bits per heavy atom. The van der Waals surface area contributed by atoms with Crippen LogP contribution in [0.1, 0.15) is 18.9 Å². The molecule has 2 rings (SSSR count). The Bertz CT molecular complexity index is 629. The molecule has 1 aromatic carbocycles. The minimum absolute atomic E-state index is 0.00455. The van der Waals surface area contributed by atoms with Crippen molar-refractivity contribution in [2.75, 3.05) is 20.6 Å². The summed E-state index contributed by atoms with van der Waals surface area (Å²) in [6.07, 6.45) is 0.0711. The molecule has 2 amide bonds. The van der Waals surface area contributed by atoms with Crippen LogP contribution in [0.25, 0.3) is 0 Å². The van der Waals surface area contributed by atoms with E-state index in [0.29, 0.717) is 18.5 Å². The quantitative estimate of drug-likeness (QED) is 0.620. The van der Waals surface area contributed by atoms with Gasteiger partial charge in [0.2, 0.25) is 5.91 Å². The van der Waals surface area contributed by atoms with E-state index in [2.05, 4.69) is 0 Å². The van der Waals surface area contributed by atoms with Crippen molar-refractivity contribution in [2.24, 2.45) is 5.92 Å². The predicted molar refractivity (Wildman–Crippen MR) is 86.3 cm³/mol. The topological polar surface area (TPSA) is 93.0 Å². The first kappa shape index (κ1) is 17.7. The van der Waals surface area contributed by atoms with Crippen molar-refractivity contribution in [3.63, 3.8) is 0 Å². The average Bonchev–Trinajstić information content (AvgIpc) is 2.94. The molecule has 0 unspecified atom stereocenters. The molecule has 2 atom stereocenters. The molecule has 1 heterocycles. The van der Waals surface area contributed by atoms with Gasteiger partial charge in [0, 0.05) is 32.8 Å². The van der Waals surface area contributed by atoms with E-state index in [1.54, 1.807) is 26.2 Å². The Balaban J connectivity index is 1.98. The lowest BCUT2D eigenvalue weighted by Gasteiger charge is -2.25. The van der Waals surface area contributed by atoms with Crippen LogP contribution in [0.3, 0.4) is 0 Å². The number of benzene rings is 1. The van der Waals surface area contributed by atoms with Crippen molar-refractivity contribution in [2.45, 2.75) is 26.0 Å². The molecule has 130 valence electrons. The van der Waals surface area contributed by atoms with Gasteiger partial charge >= 0.3 is 6.09 Å². The molecular weight excluding hydrogens is 314 g/mol. The lowest BCUT2D eigenvalue weighted by Crippen LogP contribution is -2.45. The Morgan fingerprint density at radius 2 is 1.96 bits per heavy atom. The first-order valence-corrected chi connectivity index (χ1v) is 7.67. The number of carbonyl (C=O) groups is 2. The maximum Gasteiger partial charge on any atom is 0.410 e. The van der Waals surface area contributed by atoms with Crippen LogP contribution in [0.5, 0.6) is 0 Å². The molecule has 0 radical (unpaired) electrons. The Morgan fingerprint density at radius 1 is 1.33 bits per heavy atom. The van der Waals surface area contributed by atoms with Gasteiger partial charge in [-0.05, 0) is 30.0 Å². The van der Waals surface area contributed by atoms with Crippen LogP contribution in [-0.2, 0) is 16.1 Å². The molecule has 0 aromatic heterocycles. The fourth-order valence-electron chi connectivity index (χ4n) is 2.72. The van der Waals surface area contributed by atoms with Crippen LogP contribution in [0.15, 0.2) is 24.3 Å². The zero-order valence-corrected chi connectivity index (χ0v) is 14.0. The SMILES string of the molecule is C[C@H]1C[C@@H](C(=O)N(C)C)N(C(=O)OCc2ccc([N+](=O)[O-])cc2)C1. The van der Waals surface area contributed by atoms with Gasteiger partial charge in [0.05, 0.1) is 4.92 Å². The second-order valence-electron chi connectivity index (χ2n) is 6.22. The number of likely N-dealkylation sites (N-methyl/N-ethyl adjacent to an activating group) is 1. The van der Waals surface area contributed by atoms with Gasteiger partial charge in [-0.1, -0.05) is 6.92 Å². The first-order chi connectivity index (χ1) is 11.3. The van der Waals surface area contributed by atoms with Crippen LogP contribution >= 0.6 is 0 Å². The number of nitrogens with zero attached hydrogens (tertiary/aromatic N) is 3. The zero-order chi connectivity index (χ0) is 17.9. The predicted octanol–water partition coefficient (Wildman–Crippen LogP) is 2.03. The molecule has 0 saturated carbocycles. The Kier molecular flexibility index (Phi) is 5.38. The van der Waals surface area contributed by atoms with Crippen molar-refractivity contribution < 1.29 is 19.2 Å². The summed E-state index contributed by atoms with van der Waals surface area (Å²) in [5, 5.41) is 10.6. The number of nitro groups is 1. The molecule has 1 aliphatic rings. The van der Waals surface area contributed by atoms with Gasteiger partial charge in [0.1, 0.15) is 12.6 Å². The fraction of sp³-hybridized carbons (Fsp3) is 0.500. The van der Waals surface area contributed by atoms with Crippen LogP contribution in [0.4, 0.5) is 10.5 Å². The third-order valence-corrected chi connectivity index (χ3v) is 3.98. The minimum atomic E-state index is -0.544. The molecule has 1 fully saturated rings. The Hall–Kier alpha value is -2.64. The number of non-ortho nitro benzene ring substituents is 1. The van der Waals surface area contributed by atoms with Gasteiger partial charge in [0.15, 0.2) is 0 Å². The smallest absolute Gasteiger partial charge is 0.410 e. The highest BCUT2D eigenvalue weighted by molar-refractivity contribution is 5.86. The number of hydrogen-bond donors (Lipinski definition) is 0. The maximum absolute atomic E-state index is 12.3. The number of ether oxygens (including phenoxy) is 1. The monoisotopic (exact) mass is 335 g/mol. The summed E-state index contributed by atoms with van der Waals surface area (Å²) in [6.45, 7) is 2.47. The van der Waals surface area contributed by atoms with Crippen molar-refractivity contribution >= 4 is 17.7 Å². The average molecular weight is 335 g/mol. The van der Waals surface area contributed by atoms with Crippen molar-refractivity contribution in [3.05, 3.63) is 39.9 Å². The van der Waals surface area contributed by atoms with E-state index < -0.39 is 17.1 Å². The molecule has 1 saturated heterocycles. The lowest BCUT2D eigenvalue weighted by molar-refractivity contribution is -0.384. The molecule has 0 spiro atoms. The molecule has 0 N–H and O–H groups in total. The second kappa shape index (κ2) is 7.29. The van der Waals surface area contributed by atoms with Crippen molar-refractivity contribution in [3.8, 4) is 0 Å². The van der Waals surface area contributed by atoms with Gasteiger partial charge in [0.25, 0.3) is 5.69 Å². The van der Waals surface area contributed by atoms with Crippen LogP contribution < -0.4 is 0 Å². The highest BCUT2D eigenvalue weighted by Gasteiger charge is 2.39. The van der Waals surface area contributed by atoms with E-state index in [1.165, 1.54) is 21.9 Å². The summed E-state index contributed by atoms with van der Waals surface area (Å²) in [5.74, 6) is 0.109. The molecule has 0 bridgehead atoms. The van der Waals surface area contributed by atoms with Gasteiger partial charge in [-0.25, -0.2) is 4.79 Å². The molecule has 1 aliphatic heterocycles. The summed E-state index contributed by atoms with van der Waals surface area (Å²) in [7, 11) is 3.32. The normalized spacial score (nSPS) is 19.9. The largest absolute Gasteiger partial charge is 0.445 e. The number of hydrogen-bond acceptors (Lipinski definition) is 5. The van der Waals surface area contributed by atoms with Crippen LogP contribution in [0, 0.1) is 16.0 Å². The number of nitro benzene ring substituents is 1. The van der Waals surface area contributed by atoms with Crippen LogP contribution in [0.2, 0.25) is 0 Å². The number of likely N-dealkylation sites (tertiary alicyclic amines) is 1. The summed E-state index contributed by atoms with van der Waals surface area (Å²) < 4.78 is 5.27. The van der Waals surface area contributed by atoms with E-state index in [-0.39, 0.29) is 24.1 Å². The van der Waals surface area contributed by atoms with Gasteiger partial charge < -0.3 is 9.64 Å². The summed E-state index contributed by atoms with van der Waals surface area (Å²) >= 11 is 0. The molecule has 8 nitrogen and oxygen atoms in total. The standard InChI is InChI=1S/C16H21N3O5/c1-11-8-14(15(20)17(2)3)18(9-11)16(21)24-10-12-4-6-13(7-5-12)19(22)23/h4-7,11,14H,8-10H2,1-3H3/t11-,14-/m0/s1. The molecule has 24 heavy (non-hydrogen) atoms.